The Morgan fingerprint density at radius 2 is 2.03 bits per heavy atom. The molecule has 4 rings (SSSR count). The fourth-order valence-electron chi connectivity index (χ4n) is 5.53. The molecule has 1 saturated heterocycles. The van der Waals surface area contributed by atoms with Gasteiger partial charge in [-0.05, 0) is 88.2 Å². The van der Waals surface area contributed by atoms with E-state index < -0.39 is 5.97 Å². The predicted molar refractivity (Wildman–Crippen MR) is 115 cm³/mol. The molecule has 6 nitrogen and oxygen atoms in total. The van der Waals surface area contributed by atoms with E-state index in [-0.39, 0.29) is 5.69 Å². The minimum atomic E-state index is -1.00. The lowest BCUT2D eigenvalue weighted by molar-refractivity contribution is -0.0792. The van der Waals surface area contributed by atoms with Gasteiger partial charge in [0, 0.05) is 40.8 Å². The van der Waals surface area contributed by atoms with Crippen LogP contribution in [-0.2, 0) is 9.68 Å². The number of anilines is 1. The van der Waals surface area contributed by atoms with E-state index in [2.05, 4.69) is 27.2 Å². The van der Waals surface area contributed by atoms with Gasteiger partial charge in [-0.25, -0.2) is 9.74 Å². The largest absolute Gasteiger partial charge is 0.395 e. The zero-order valence-corrected chi connectivity index (χ0v) is 17.8. The number of fused-ring (bicyclic) bond motifs is 1. The summed E-state index contributed by atoms with van der Waals surface area (Å²) in [6.07, 6.45) is 7.82. The van der Waals surface area contributed by atoms with Gasteiger partial charge in [0.25, 0.3) is 0 Å². The van der Waals surface area contributed by atoms with Crippen molar-refractivity contribution in [3.63, 3.8) is 0 Å². The number of halogens is 1. The summed E-state index contributed by atoms with van der Waals surface area (Å²) in [6.45, 7) is 2.08. The summed E-state index contributed by atoms with van der Waals surface area (Å²) in [4.78, 5) is 20.1. The van der Waals surface area contributed by atoms with Gasteiger partial charge in [0.15, 0.2) is 0 Å². The molecule has 1 aliphatic carbocycles. The number of aromatic nitrogens is 1. The molecule has 2 fully saturated rings. The average Bonchev–Trinajstić information content (AvgIpc) is 3.36. The molecule has 0 amide bonds. The van der Waals surface area contributed by atoms with Crippen molar-refractivity contribution >= 4 is 22.6 Å². The minimum absolute atomic E-state index is 0.114. The van der Waals surface area contributed by atoms with Crippen molar-refractivity contribution in [2.75, 3.05) is 32.6 Å². The first-order chi connectivity index (χ1) is 14.6. The normalized spacial score (nSPS) is 27.4. The van der Waals surface area contributed by atoms with Crippen LogP contribution >= 0.6 is 0 Å². The molecule has 164 valence electrons. The Morgan fingerprint density at radius 1 is 1.23 bits per heavy atom. The number of aromatic amines is 1. The molecule has 2 heterocycles. The zero-order chi connectivity index (χ0) is 21.1. The summed E-state index contributed by atoms with van der Waals surface area (Å²) in [5.41, 5.74) is 1.89. The maximum Gasteiger partial charge on any atom is 0.395 e. The molecule has 1 saturated carbocycles. The van der Waals surface area contributed by atoms with E-state index in [1.165, 1.54) is 38.6 Å². The number of benzene rings is 1. The highest BCUT2D eigenvalue weighted by molar-refractivity contribution is 5.95. The van der Waals surface area contributed by atoms with E-state index >= 15 is 0 Å². The number of carbonyl (C=O) groups is 1. The van der Waals surface area contributed by atoms with E-state index in [1.807, 2.05) is 25.3 Å². The summed E-state index contributed by atoms with van der Waals surface area (Å²) in [5, 5.41) is 4.38. The van der Waals surface area contributed by atoms with Crippen LogP contribution in [0.2, 0.25) is 0 Å². The molecule has 2 aliphatic rings. The highest BCUT2D eigenvalue weighted by Crippen LogP contribution is 2.40. The topological polar surface area (TPSA) is 66.6 Å². The van der Waals surface area contributed by atoms with Crippen LogP contribution in [0.15, 0.2) is 24.3 Å². The van der Waals surface area contributed by atoms with Gasteiger partial charge in [-0.2, -0.15) is 0 Å². The Hall–Kier alpha value is -2.12. The van der Waals surface area contributed by atoms with Crippen molar-refractivity contribution in [2.45, 2.75) is 50.7 Å². The second kappa shape index (κ2) is 9.35. The van der Waals surface area contributed by atoms with Crippen LogP contribution in [0.1, 0.15) is 49.0 Å². The number of hydrogen-bond donors (Lipinski definition) is 2. The summed E-state index contributed by atoms with van der Waals surface area (Å²) in [5.74, 6) is 0.586. The molecule has 7 heteroatoms. The summed E-state index contributed by atoms with van der Waals surface area (Å²) in [6, 6.07) is 8.07. The maximum atomic E-state index is 12.1. The standard InChI is InChI=1S/C23H32FN3O3/c1-27-12-10-19(15-3-6-18(29-2)7-4-15)22(27)9-11-25-17-5-8-20-16(13-17)14-21(26-20)23(28)30-24/h5,8,13-15,18-19,22,25-26H,3-4,6-7,9-12H2,1-2H3/t15?,18?,19-,22+/m1/s1. The fourth-order valence-corrected chi connectivity index (χ4v) is 5.53. The molecule has 0 spiro atoms. The first kappa shape index (κ1) is 21.1. The third kappa shape index (κ3) is 4.47. The lowest BCUT2D eigenvalue weighted by atomic mass is 9.75. The van der Waals surface area contributed by atoms with Gasteiger partial charge in [0.05, 0.1) is 6.10 Å². The molecule has 0 radical (unpaired) electrons. The minimum Gasteiger partial charge on any atom is -0.385 e. The van der Waals surface area contributed by atoms with Crippen molar-refractivity contribution in [1.29, 1.82) is 0 Å². The van der Waals surface area contributed by atoms with Crippen molar-refractivity contribution in [1.82, 2.24) is 9.88 Å². The van der Waals surface area contributed by atoms with Gasteiger partial charge >= 0.3 is 5.97 Å². The van der Waals surface area contributed by atoms with Crippen LogP contribution in [0.5, 0.6) is 0 Å². The Kier molecular flexibility index (Phi) is 6.58. The molecule has 0 bridgehead atoms. The number of nitrogens with zero attached hydrogens (tertiary/aromatic N) is 1. The molecule has 2 atom stereocenters. The van der Waals surface area contributed by atoms with Crippen LogP contribution in [0.3, 0.4) is 0 Å². The summed E-state index contributed by atoms with van der Waals surface area (Å²) >= 11 is 0. The zero-order valence-electron chi connectivity index (χ0n) is 17.8. The lowest BCUT2D eigenvalue weighted by Crippen LogP contribution is -2.36. The number of likely N-dealkylation sites (tertiary alicyclic amines) is 1. The Bertz CT molecular complexity index is 862. The molecule has 0 unspecified atom stereocenters. The van der Waals surface area contributed by atoms with Crippen molar-refractivity contribution in [3.05, 3.63) is 30.0 Å². The second-order valence-corrected chi connectivity index (χ2v) is 8.84. The van der Waals surface area contributed by atoms with E-state index in [1.54, 1.807) is 6.07 Å². The quantitative estimate of drug-likeness (QED) is 0.693. The lowest BCUT2D eigenvalue weighted by Gasteiger charge is -2.35. The first-order valence-electron chi connectivity index (χ1n) is 11.0. The molecular weight excluding hydrogens is 385 g/mol. The molecular formula is C23H32FN3O3. The SMILES string of the molecule is COC1CCC([C@H]2CCN(C)[C@H]2CCNc2ccc3[nH]c(C(=O)OF)cc3c2)CC1. The number of ether oxygens (including phenoxy) is 1. The molecule has 1 aromatic heterocycles. The average molecular weight is 418 g/mol. The molecule has 1 aromatic carbocycles. The summed E-state index contributed by atoms with van der Waals surface area (Å²) < 4.78 is 17.7. The van der Waals surface area contributed by atoms with Crippen LogP contribution < -0.4 is 5.32 Å². The van der Waals surface area contributed by atoms with Gasteiger partial charge in [0.2, 0.25) is 0 Å². The number of nitrogens with one attached hydrogen (secondary N) is 2. The van der Waals surface area contributed by atoms with Gasteiger partial charge < -0.3 is 19.9 Å². The predicted octanol–water partition coefficient (Wildman–Crippen LogP) is 4.54. The number of H-pyrrole nitrogens is 1. The van der Waals surface area contributed by atoms with Gasteiger partial charge in [-0.3, -0.25) is 0 Å². The maximum absolute atomic E-state index is 12.1. The Labute approximate surface area is 177 Å². The highest BCUT2D eigenvalue weighted by Gasteiger charge is 2.38. The van der Waals surface area contributed by atoms with Crippen LogP contribution in [-0.4, -0.2) is 55.2 Å². The summed E-state index contributed by atoms with van der Waals surface area (Å²) in [7, 11) is 4.09. The van der Waals surface area contributed by atoms with E-state index in [0.29, 0.717) is 12.1 Å². The van der Waals surface area contributed by atoms with E-state index in [4.69, 9.17) is 4.74 Å². The molecule has 2 aromatic rings. The van der Waals surface area contributed by atoms with Crippen molar-refractivity contribution in [2.24, 2.45) is 11.8 Å². The first-order valence-corrected chi connectivity index (χ1v) is 11.0. The number of carbonyl (C=O) groups excluding carboxylic acids is 1. The van der Waals surface area contributed by atoms with Crippen LogP contribution in [0.4, 0.5) is 10.2 Å². The number of rotatable bonds is 7. The fraction of sp³-hybridized carbons (Fsp3) is 0.609. The smallest absolute Gasteiger partial charge is 0.385 e. The Morgan fingerprint density at radius 3 is 2.77 bits per heavy atom. The van der Waals surface area contributed by atoms with E-state index in [9.17, 15) is 9.32 Å². The molecule has 30 heavy (non-hydrogen) atoms. The third-order valence-corrected chi connectivity index (χ3v) is 7.21. The number of methoxy groups -OCH3 is 1. The Balaban J connectivity index is 1.34. The molecule has 1 aliphatic heterocycles. The van der Waals surface area contributed by atoms with E-state index in [0.717, 1.165) is 41.4 Å². The van der Waals surface area contributed by atoms with Gasteiger partial charge in [0.1, 0.15) is 5.69 Å². The number of hydrogen-bond acceptors (Lipinski definition) is 5. The van der Waals surface area contributed by atoms with Crippen LogP contribution in [0.25, 0.3) is 10.9 Å². The van der Waals surface area contributed by atoms with Crippen molar-refractivity contribution in [3.8, 4) is 0 Å². The van der Waals surface area contributed by atoms with Crippen LogP contribution in [0, 0.1) is 11.8 Å². The molecule has 2 N–H and O–H groups in total. The van der Waals surface area contributed by atoms with Gasteiger partial charge in [-0.15, -0.1) is 0 Å². The van der Waals surface area contributed by atoms with Crippen molar-refractivity contribution < 1.29 is 19.0 Å². The highest BCUT2D eigenvalue weighted by atomic mass is 19.3. The third-order valence-electron chi connectivity index (χ3n) is 7.21. The second-order valence-electron chi connectivity index (χ2n) is 8.84. The van der Waals surface area contributed by atoms with Gasteiger partial charge in [-0.1, -0.05) is 0 Å². The monoisotopic (exact) mass is 417 g/mol.